The Bertz CT molecular complexity index is 775. The van der Waals surface area contributed by atoms with Crippen molar-refractivity contribution in [3.05, 3.63) is 65.5 Å². The van der Waals surface area contributed by atoms with Crippen molar-refractivity contribution in [3.63, 3.8) is 0 Å². The summed E-state index contributed by atoms with van der Waals surface area (Å²) in [5.74, 6) is -0.638. The molecule has 5 heteroatoms. The van der Waals surface area contributed by atoms with Crippen molar-refractivity contribution in [2.45, 2.75) is 32.4 Å². The van der Waals surface area contributed by atoms with Crippen molar-refractivity contribution >= 4 is 17.5 Å². The van der Waals surface area contributed by atoms with E-state index < -0.39 is 6.04 Å². The predicted octanol–water partition coefficient (Wildman–Crippen LogP) is 2.81. The summed E-state index contributed by atoms with van der Waals surface area (Å²) in [4.78, 5) is 26.5. The number of hydrogen-bond acceptors (Lipinski definition) is 2. The number of hydrogen-bond donors (Lipinski definition) is 1. The lowest BCUT2D eigenvalue weighted by Gasteiger charge is -2.24. The molecule has 2 aromatic rings. The minimum Gasteiger partial charge on any atom is -0.350 e. The van der Waals surface area contributed by atoms with Gasteiger partial charge in [-0.2, -0.15) is 0 Å². The lowest BCUT2D eigenvalue weighted by atomic mass is 10.1. The van der Waals surface area contributed by atoms with Gasteiger partial charge in [-0.3, -0.25) is 14.5 Å². The van der Waals surface area contributed by atoms with E-state index in [0.717, 1.165) is 11.3 Å². The van der Waals surface area contributed by atoms with Crippen molar-refractivity contribution in [1.29, 1.82) is 0 Å². The van der Waals surface area contributed by atoms with Crippen LogP contribution in [0.3, 0.4) is 0 Å². The summed E-state index contributed by atoms with van der Waals surface area (Å²) in [6.45, 7) is 2.02. The number of carbonyl (C=O) groups is 2. The van der Waals surface area contributed by atoms with E-state index in [9.17, 15) is 14.0 Å². The fourth-order valence-corrected chi connectivity index (χ4v) is 3.03. The average molecular weight is 326 g/mol. The highest BCUT2D eigenvalue weighted by Crippen LogP contribution is 2.32. The Morgan fingerprint density at radius 2 is 2.00 bits per heavy atom. The summed E-state index contributed by atoms with van der Waals surface area (Å²) in [7, 11) is 0. The van der Waals surface area contributed by atoms with Crippen molar-refractivity contribution in [2.24, 2.45) is 0 Å². The Morgan fingerprint density at radius 1 is 1.21 bits per heavy atom. The Kier molecular flexibility index (Phi) is 4.60. The number of rotatable bonds is 4. The molecule has 3 rings (SSSR count). The molecule has 0 aromatic heterocycles. The van der Waals surface area contributed by atoms with Gasteiger partial charge in [-0.15, -0.1) is 0 Å². The summed E-state index contributed by atoms with van der Waals surface area (Å²) in [5, 5.41) is 2.81. The van der Waals surface area contributed by atoms with Crippen LogP contribution in [0.4, 0.5) is 10.1 Å². The second kappa shape index (κ2) is 6.83. The molecule has 1 aliphatic heterocycles. The minimum atomic E-state index is -0.552. The molecule has 0 fully saturated rings. The molecule has 0 saturated heterocycles. The Balaban J connectivity index is 1.75. The molecule has 0 saturated carbocycles. The molecule has 1 aliphatic rings. The zero-order valence-electron chi connectivity index (χ0n) is 13.5. The van der Waals surface area contributed by atoms with Gasteiger partial charge in [0.05, 0.1) is 0 Å². The van der Waals surface area contributed by atoms with Crippen LogP contribution in [0.15, 0.2) is 48.5 Å². The summed E-state index contributed by atoms with van der Waals surface area (Å²) < 4.78 is 13.2. The van der Waals surface area contributed by atoms with Crippen molar-refractivity contribution in [1.82, 2.24) is 5.32 Å². The second-order valence-electron chi connectivity index (χ2n) is 5.81. The average Bonchev–Trinajstić information content (AvgIpc) is 2.98. The molecule has 0 bridgehead atoms. The Morgan fingerprint density at radius 3 is 2.75 bits per heavy atom. The van der Waals surface area contributed by atoms with Gasteiger partial charge in [0.2, 0.25) is 11.8 Å². The number of nitrogens with one attached hydrogen (secondary N) is 1. The van der Waals surface area contributed by atoms with E-state index in [0.29, 0.717) is 18.4 Å². The third-order valence-electron chi connectivity index (χ3n) is 4.21. The molecule has 124 valence electrons. The maximum Gasteiger partial charge on any atom is 0.243 e. The van der Waals surface area contributed by atoms with Crippen LogP contribution in [0.25, 0.3) is 0 Å². The van der Waals surface area contributed by atoms with Crippen molar-refractivity contribution < 1.29 is 14.0 Å². The Hall–Kier alpha value is -2.69. The first-order valence-electron chi connectivity index (χ1n) is 8.02. The highest BCUT2D eigenvalue weighted by molar-refractivity contribution is 6.03. The van der Waals surface area contributed by atoms with Gasteiger partial charge >= 0.3 is 0 Å². The standard InChI is InChI=1S/C19H19FN2O2/c1-2-18(23)22-16-9-4-3-7-14(16)11-17(22)19(24)21-12-13-6-5-8-15(20)10-13/h3-10,17H,2,11-12H2,1H3,(H,21,24)/t17-/m0/s1. The Labute approximate surface area is 140 Å². The fourth-order valence-electron chi connectivity index (χ4n) is 3.03. The lowest BCUT2D eigenvalue weighted by Crippen LogP contribution is -2.47. The normalized spacial score (nSPS) is 15.9. The van der Waals surface area contributed by atoms with Gasteiger partial charge in [-0.25, -0.2) is 4.39 Å². The molecular weight excluding hydrogens is 307 g/mol. The summed E-state index contributed by atoms with van der Waals surface area (Å²) in [6.07, 6.45) is 0.832. The molecule has 1 heterocycles. The van der Waals surface area contributed by atoms with Crippen molar-refractivity contribution in [2.75, 3.05) is 4.90 Å². The fraction of sp³-hybridized carbons (Fsp3) is 0.263. The summed E-state index contributed by atoms with van der Waals surface area (Å²) in [6, 6.07) is 13.1. The predicted molar refractivity (Wildman–Crippen MR) is 90.0 cm³/mol. The molecule has 4 nitrogen and oxygen atoms in total. The number of amides is 2. The zero-order chi connectivity index (χ0) is 17.1. The van der Waals surface area contributed by atoms with E-state index in [1.165, 1.54) is 12.1 Å². The van der Waals surface area contributed by atoms with E-state index in [1.54, 1.807) is 24.0 Å². The maximum atomic E-state index is 13.2. The van der Waals surface area contributed by atoms with Crippen LogP contribution in [-0.4, -0.2) is 17.9 Å². The molecule has 0 radical (unpaired) electrons. The van der Waals surface area contributed by atoms with E-state index in [4.69, 9.17) is 0 Å². The number of benzene rings is 2. The highest BCUT2D eigenvalue weighted by Gasteiger charge is 2.37. The maximum absolute atomic E-state index is 13.2. The van der Waals surface area contributed by atoms with Crippen LogP contribution in [0.5, 0.6) is 0 Å². The van der Waals surface area contributed by atoms with Crippen molar-refractivity contribution in [3.8, 4) is 0 Å². The number of para-hydroxylation sites is 1. The first-order valence-corrected chi connectivity index (χ1v) is 8.02. The van der Waals surface area contributed by atoms with E-state index in [-0.39, 0.29) is 24.2 Å². The minimum absolute atomic E-state index is 0.0779. The smallest absolute Gasteiger partial charge is 0.243 e. The first-order chi connectivity index (χ1) is 11.6. The van der Waals surface area contributed by atoms with Gasteiger partial charge in [-0.1, -0.05) is 37.3 Å². The van der Waals surface area contributed by atoms with E-state index in [2.05, 4.69) is 5.32 Å². The largest absolute Gasteiger partial charge is 0.350 e. The van der Waals surface area contributed by atoms with Crippen LogP contribution in [0.1, 0.15) is 24.5 Å². The molecule has 1 atom stereocenters. The molecule has 0 unspecified atom stereocenters. The molecular formula is C19H19FN2O2. The van der Waals surface area contributed by atoms with Gasteiger partial charge in [0.25, 0.3) is 0 Å². The molecule has 0 aliphatic carbocycles. The quantitative estimate of drug-likeness (QED) is 0.939. The van der Waals surface area contributed by atoms with Gasteiger partial charge in [0.1, 0.15) is 11.9 Å². The number of anilines is 1. The van der Waals surface area contributed by atoms with Crippen LogP contribution in [0, 0.1) is 5.82 Å². The number of nitrogens with zero attached hydrogens (tertiary/aromatic N) is 1. The van der Waals surface area contributed by atoms with E-state index in [1.807, 2.05) is 24.3 Å². The highest BCUT2D eigenvalue weighted by atomic mass is 19.1. The van der Waals surface area contributed by atoms with Gasteiger partial charge in [0, 0.05) is 25.1 Å². The van der Waals surface area contributed by atoms with E-state index >= 15 is 0 Å². The van der Waals surface area contributed by atoms with Crippen LogP contribution >= 0.6 is 0 Å². The second-order valence-corrected chi connectivity index (χ2v) is 5.81. The SMILES string of the molecule is CCC(=O)N1c2ccccc2C[C@H]1C(=O)NCc1cccc(F)c1. The number of carbonyl (C=O) groups excluding carboxylic acids is 2. The molecule has 1 N–H and O–H groups in total. The lowest BCUT2D eigenvalue weighted by molar-refractivity contribution is -0.126. The van der Waals surface area contributed by atoms with Crippen LogP contribution in [-0.2, 0) is 22.6 Å². The van der Waals surface area contributed by atoms with Crippen LogP contribution < -0.4 is 10.2 Å². The molecule has 0 spiro atoms. The molecule has 24 heavy (non-hydrogen) atoms. The van der Waals surface area contributed by atoms with Gasteiger partial charge < -0.3 is 5.32 Å². The number of halogens is 1. The van der Waals surface area contributed by atoms with Gasteiger partial charge in [-0.05, 0) is 29.3 Å². The third-order valence-corrected chi connectivity index (χ3v) is 4.21. The molecule has 2 aromatic carbocycles. The monoisotopic (exact) mass is 326 g/mol. The number of fused-ring (bicyclic) bond motifs is 1. The van der Waals surface area contributed by atoms with Crippen LogP contribution in [0.2, 0.25) is 0 Å². The first kappa shape index (κ1) is 16.2. The zero-order valence-corrected chi connectivity index (χ0v) is 13.5. The third kappa shape index (κ3) is 3.15. The molecule has 2 amide bonds. The topological polar surface area (TPSA) is 49.4 Å². The summed E-state index contributed by atoms with van der Waals surface area (Å²) >= 11 is 0. The van der Waals surface area contributed by atoms with Gasteiger partial charge in [0.15, 0.2) is 0 Å². The summed E-state index contributed by atoms with van der Waals surface area (Å²) in [5.41, 5.74) is 2.48.